The summed E-state index contributed by atoms with van der Waals surface area (Å²) >= 11 is 5.70. The molecule has 0 aliphatic rings. The van der Waals surface area contributed by atoms with E-state index in [2.05, 4.69) is 5.32 Å². The average molecular weight is 278 g/mol. The summed E-state index contributed by atoms with van der Waals surface area (Å²) in [6.45, 7) is 1.37. The Hall–Kier alpha value is -0.880. The number of anilines is 1. The molecular weight excluding hydrogens is 261 g/mol. The molecule has 1 aromatic carbocycles. The number of halogens is 2. The van der Waals surface area contributed by atoms with Crippen LogP contribution in [0, 0.1) is 5.82 Å². The van der Waals surface area contributed by atoms with Crippen molar-refractivity contribution >= 4 is 17.3 Å². The van der Waals surface area contributed by atoms with Gasteiger partial charge in [0.25, 0.3) is 0 Å². The number of ether oxygens (including phenoxy) is 2. The Kier molecular flexibility index (Phi) is 6.97. The van der Waals surface area contributed by atoms with Crippen LogP contribution < -0.4 is 5.32 Å². The van der Waals surface area contributed by atoms with Crippen molar-refractivity contribution in [2.24, 2.45) is 0 Å². The summed E-state index contributed by atoms with van der Waals surface area (Å²) in [6, 6.07) is 4.12. The molecule has 0 fully saturated rings. The van der Waals surface area contributed by atoms with Gasteiger partial charge in [0.2, 0.25) is 0 Å². The summed E-state index contributed by atoms with van der Waals surface area (Å²) in [7, 11) is 1.58. The molecule has 1 aromatic rings. The quantitative estimate of drug-likeness (QED) is 0.713. The smallest absolute Gasteiger partial charge is 0.126 e. The van der Waals surface area contributed by atoms with Crippen LogP contribution in [0.2, 0.25) is 5.02 Å². The van der Waals surface area contributed by atoms with Crippen molar-refractivity contribution in [3.05, 3.63) is 29.0 Å². The second kappa shape index (κ2) is 8.26. The molecule has 1 unspecified atom stereocenters. The van der Waals surface area contributed by atoms with Gasteiger partial charge in [-0.3, -0.25) is 0 Å². The first kappa shape index (κ1) is 15.2. The third kappa shape index (κ3) is 6.16. The van der Waals surface area contributed by atoms with Gasteiger partial charge in [-0.2, -0.15) is 0 Å². The zero-order valence-electron chi connectivity index (χ0n) is 10.2. The minimum absolute atomic E-state index is 0.194. The van der Waals surface area contributed by atoms with E-state index in [1.807, 2.05) is 0 Å². The molecule has 0 bridgehead atoms. The largest absolute Gasteiger partial charge is 0.389 e. The summed E-state index contributed by atoms with van der Waals surface area (Å²) < 4.78 is 23.0. The highest BCUT2D eigenvalue weighted by Crippen LogP contribution is 2.17. The molecule has 6 heteroatoms. The van der Waals surface area contributed by atoms with Crippen LogP contribution in [-0.4, -0.2) is 44.7 Å². The van der Waals surface area contributed by atoms with Crippen molar-refractivity contribution in [3.8, 4) is 0 Å². The molecule has 0 aliphatic carbocycles. The van der Waals surface area contributed by atoms with E-state index < -0.39 is 11.9 Å². The number of aliphatic hydroxyl groups excluding tert-OH is 1. The lowest BCUT2D eigenvalue weighted by Crippen LogP contribution is -2.25. The van der Waals surface area contributed by atoms with E-state index in [1.165, 1.54) is 12.1 Å². The first-order valence-corrected chi connectivity index (χ1v) is 5.94. The number of aliphatic hydroxyl groups is 1. The maximum absolute atomic E-state index is 13.0. The lowest BCUT2D eigenvalue weighted by atomic mass is 10.3. The van der Waals surface area contributed by atoms with E-state index in [1.54, 1.807) is 13.2 Å². The number of hydrogen-bond donors (Lipinski definition) is 2. The molecule has 1 rings (SSSR count). The average Bonchev–Trinajstić information content (AvgIpc) is 2.31. The van der Waals surface area contributed by atoms with Gasteiger partial charge < -0.3 is 19.9 Å². The van der Waals surface area contributed by atoms with E-state index >= 15 is 0 Å². The van der Waals surface area contributed by atoms with E-state index in [-0.39, 0.29) is 13.2 Å². The van der Waals surface area contributed by atoms with Crippen LogP contribution in [-0.2, 0) is 9.47 Å². The Morgan fingerprint density at radius 2 is 2.17 bits per heavy atom. The van der Waals surface area contributed by atoms with E-state index in [9.17, 15) is 9.50 Å². The Bertz CT molecular complexity index is 345. The van der Waals surface area contributed by atoms with Crippen LogP contribution in [0.3, 0.4) is 0 Å². The van der Waals surface area contributed by atoms with Gasteiger partial charge >= 0.3 is 0 Å². The summed E-state index contributed by atoms with van der Waals surface area (Å²) in [4.78, 5) is 0. The SMILES string of the molecule is COCCOCC(O)CNc1cc(F)cc(Cl)c1. The molecule has 18 heavy (non-hydrogen) atoms. The van der Waals surface area contributed by atoms with Gasteiger partial charge in [-0.15, -0.1) is 0 Å². The molecule has 0 spiro atoms. The summed E-state index contributed by atoms with van der Waals surface area (Å²) in [5.41, 5.74) is 0.524. The molecule has 0 saturated heterocycles. The lowest BCUT2D eigenvalue weighted by molar-refractivity contribution is 0.0182. The maximum Gasteiger partial charge on any atom is 0.126 e. The van der Waals surface area contributed by atoms with Crippen LogP contribution in [0.4, 0.5) is 10.1 Å². The molecule has 0 amide bonds. The summed E-state index contributed by atoms with van der Waals surface area (Å²) in [5, 5.41) is 12.8. The molecule has 102 valence electrons. The molecule has 0 heterocycles. The van der Waals surface area contributed by atoms with Gasteiger partial charge in [-0.05, 0) is 18.2 Å². The van der Waals surface area contributed by atoms with E-state index in [0.29, 0.717) is 23.9 Å². The van der Waals surface area contributed by atoms with Crippen LogP contribution >= 0.6 is 11.6 Å². The minimum atomic E-state index is -0.677. The number of methoxy groups -OCH3 is 1. The standard InChI is InChI=1S/C12H17ClFNO3/c1-17-2-3-18-8-12(16)7-15-11-5-9(13)4-10(14)6-11/h4-6,12,15-16H,2-3,7-8H2,1H3. The van der Waals surface area contributed by atoms with Gasteiger partial charge in [-0.25, -0.2) is 4.39 Å². The number of nitrogens with one attached hydrogen (secondary N) is 1. The Balaban J connectivity index is 2.26. The van der Waals surface area contributed by atoms with Gasteiger partial charge in [-0.1, -0.05) is 11.6 Å². The third-order valence-electron chi connectivity index (χ3n) is 2.15. The van der Waals surface area contributed by atoms with E-state index in [0.717, 1.165) is 0 Å². The zero-order chi connectivity index (χ0) is 13.4. The molecule has 1 atom stereocenters. The highest BCUT2D eigenvalue weighted by molar-refractivity contribution is 6.30. The maximum atomic E-state index is 13.0. The van der Waals surface area contributed by atoms with Crippen LogP contribution in [0.15, 0.2) is 18.2 Å². The van der Waals surface area contributed by atoms with Gasteiger partial charge in [0, 0.05) is 24.4 Å². The van der Waals surface area contributed by atoms with Gasteiger partial charge in [0.05, 0.1) is 25.9 Å². The van der Waals surface area contributed by atoms with Crippen LogP contribution in [0.25, 0.3) is 0 Å². The number of benzene rings is 1. The van der Waals surface area contributed by atoms with E-state index in [4.69, 9.17) is 21.1 Å². The minimum Gasteiger partial charge on any atom is -0.389 e. The van der Waals surface area contributed by atoms with Crippen LogP contribution in [0.5, 0.6) is 0 Å². The topological polar surface area (TPSA) is 50.7 Å². The molecule has 0 saturated carbocycles. The first-order chi connectivity index (χ1) is 8.61. The second-order valence-electron chi connectivity index (χ2n) is 3.76. The second-order valence-corrected chi connectivity index (χ2v) is 4.20. The van der Waals surface area contributed by atoms with Crippen molar-refractivity contribution in [2.45, 2.75) is 6.10 Å². The molecule has 2 N–H and O–H groups in total. The highest BCUT2D eigenvalue weighted by Gasteiger charge is 2.05. The number of hydrogen-bond acceptors (Lipinski definition) is 4. The monoisotopic (exact) mass is 277 g/mol. The van der Waals surface area contributed by atoms with Crippen molar-refractivity contribution in [1.82, 2.24) is 0 Å². The Morgan fingerprint density at radius 1 is 1.39 bits per heavy atom. The first-order valence-electron chi connectivity index (χ1n) is 5.56. The Labute approximate surface area is 111 Å². The number of rotatable bonds is 8. The summed E-state index contributed by atoms with van der Waals surface area (Å²) in [5.74, 6) is -0.421. The van der Waals surface area contributed by atoms with Gasteiger partial charge in [0.1, 0.15) is 5.82 Å². The molecule has 4 nitrogen and oxygen atoms in total. The molecule has 0 radical (unpaired) electrons. The predicted molar refractivity (Wildman–Crippen MR) is 68.6 cm³/mol. The zero-order valence-corrected chi connectivity index (χ0v) is 10.9. The van der Waals surface area contributed by atoms with Crippen molar-refractivity contribution in [1.29, 1.82) is 0 Å². The van der Waals surface area contributed by atoms with Crippen molar-refractivity contribution < 1.29 is 19.0 Å². The fourth-order valence-electron chi connectivity index (χ4n) is 1.31. The summed E-state index contributed by atoms with van der Waals surface area (Å²) in [6.07, 6.45) is -0.677. The lowest BCUT2D eigenvalue weighted by Gasteiger charge is -2.13. The van der Waals surface area contributed by atoms with Crippen LogP contribution in [0.1, 0.15) is 0 Å². The highest BCUT2D eigenvalue weighted by atomic mass is 35.5. The third-order valence-corrected chi connectivity index (χ3v) is 2.36. The van der Waals surface area contributed by atoms with Gasteiger partial charge in [0.15, 0.2) is 0 Å². The van der Waals surface area contributed by atoms with Crippen molar-refractivity contribution in [3.63, 3.8) is 0 Å². The Morgan fingerprint density at radius 3 is 2.83 bits per heavy atom. The normalized spacial score (nSPS) is 12.4. The molecule has 0 aromatic heterocycles. The molecule has 0 aliphatic heterocycles. The van der Waals surface area contributed by atoms with Crippen molar-refractivity contribution in [2.75, 3.05) is 38.8 Å². The fourth-order valence-corrected chi connectivity index (χ4v) is 1.53. The predicted octanol–water partition coefficient (Wildman–Crippen LogP) is 1.91. The molecular formula is C12H17ClFNO3. The fraction of sp³-hybridized carbons (Fsp3) is 0.500.